The quantitative estimate of drug-likeness (QED) is 0.348. The first-order valence-corrected chi connectivity index (χ1v) is 13.1. The summed E-state index contributed by atoms with van der Waals surface area (Å²) >= 11 is 1.04. The predicted molar refractivity (Wildman–Crippen MR) is 132 cm³/mol. The van der Waals surface area contributed by atoms with Crippen molar-refractivity contribution in [2.24, 2.45) is 4.40 Å². The van der Waals surface area contributed by atoms with Crippen LogP contribution in [0.5, 0.6) is 11.5 Å². The number of sulfonamides is 1. The first-order chi connectivity index (χ1) is 15.9. The lowest BCUT2D eigenvalue weighted by Crippen LogP contribution is -2.29. The summed E-state index contributed by atoms with van der Waals surface area (Å²) in [6.07, 6.45) is 4.89. The third kappa shape index (κ3) is 6.17. The molecule has 1 saturated heterocycles. The molecular weight excluding hydrogens is 460 g/mol. The maximum Gasteiger partial charge on any atom is 0.284 e. The van der Waals surface area contributed by atoms with Crippen LogP contribution >= 0.6 is 11.8 Å². The van der Waals surface area contributed by atoms with E-state index in [4.69, 9.17) is 9.47 Å². The zero-order chi connectivity index (χ0) is 23.8. The number of nitrogens with zero attached hydrogens (tertiary/aromatic N) is 2. The number of carbonyl (C=O) groups is 1. The second kappa shape index (κ2) is 11.4. The van der Waals surface area contributed by atoms with Gasteiger partial charge in [-0.25, -0.2) is 0 Å². The Labute approximate surface area is 199 Å². The molecule has 0 saturated carbocycles. The van der Waals surface area contributed by atoms with Crippen molar-refractivity contribution in [3.05, 3.63) is 59.0 Å². The molecule has 9 heteroatoms. The summed E-state index contributed by atoms with van der Waals surface area (Å²) < 4.78 is 40.6. The lowest BCUT2D eigenvalue weighted by molar-refractivity contribution is -0.122. The first-order valence-electron chi connectivity index (χ1n) is 10.8. The first kappa shape index (κ1) is 24.9. The van der Waals surface area contributed by atoms with Crippen LogP contribution in [-0.2, 0) is 14.8 Å². The topological polar surface area (TPSA) is 85.3 Å². The highest BCUT2D eigenvalue weighted by atomic mass is 32.2. The molecule has 2 aromatic carbocycles. The van der Waals surface area contributed by atoms with Crippen LogP contribution in [0.2, 0.25) is 0 Å². The average Bonchev–Trinajstić information content (AvgIpc) is 3.10. The fourth-order valence-corrected chi connectivity index (χ4v) is 5.45. The molecule has 2 aromatic rings. The molecule has 0 aliphatic carbocycles. The van der Waals surface area contributed by atoms with E-state index >= 15 is 0 Å². The minimum absolute atomic E-state index is 0.0818. The van der Waals surface area contributed by atoms with Gasteiger partial charge in [0, 0.05) is 6.54 Å². The number of methoxy groups -OCH3 is 1. The number of rotatable bonds is 10. The van der Waals surface area contributed by atoms with Crippen molar-refractivity contribution in [2.75, 3.05) is 20.3 Å². The summed E-state index contributed by atoms with van der Waals surface area (Å²) in [5, 5.41) is 0.139. The van der Waals surface area contributed by atoms with Gasteiger partial charge in [0.2, 0.25) is 0 Å². The van der Waals surface area contributed by atoms with E-state index in [2.05, 4.69) is 11.3 Å². The van der Waals surface area contributed by atoms with Crippen LogP contribution in [0.15, 0.2) is 62.7 Å². The largest absolute Gasteiger partial charge is 0.493 e. The highest BCUT2D eigenvalue weighted by Gasteiger charge is 2.34. The second-order valence-electron chi connectivity index (χ2n) is 7.29. The van der Waals surface area contributed by atoms with Gasteiger partial charge in [0.05, 0.1) is 23.5 Å². The van der Waals surface area contributed by atoms with Crippen molar-refractivity contribution in [2.45, 2.75) is 38.0 Å². The van der Waals surface area contributed by atoms with Crippen molar-refractivity contribution in [1.29, 1.82) is 0 Å². The molecule has 0 spiro atoms. The highest BCUT2D eigenvalue weighted by Crippen LogP contribution is 2.35. The molecule has 0 bridgehead atoms. The number of hydrogen-bond donors (Lipinski definition) is 0. The Kier molecular flexibility index (Phi) is 8.57. The maximum atomic E-state index is 12.9. The van der Waals surface area contributed by atoms with Crippen LogP contribution < -0.4 is 9.47 Å². The molecule has 1 aliphatic rings. The third-order valence-electron chi connectivity index (χ3n) is 4.93. The summed E-state index contributed by atoms with van der Waals surface area (Å²) in [7, 11) is -2.36. The average molecular weight is 489 g/mol. The fraction of sp³-hybridized carbons (Fsp3) is 0.333. The summed E-state index contributed by atoms with van der Waals surface area (Å²) in [5.74, 6) is 0.931. The van der Waals surface area contributed by atoms with Gasteiger partial charge in [0.15, 0.2) is 16.7 Å². The Morgan fingerprint density at radius 3 is 2.48 bits per heavy atom. The fourth-order valence-electron chi connectivity index (χ4n) is 3.18. The zero-order valence-electron chi connectivity index (χ0n) is 19.0. The molecule has 3 rings (SSSR count). The number of ether oxygens (including phenoxy) is 2. The molecule has 1 aliphatic heterocycles. The number of unbranched alkanes of at least 4 members (excludes halogenated alkanes) is 2. The van der Waals surface area contributed by atoms with E-state index in [0.717, 1.165) is 36.6 Å². The van der Waals surface area contributed by atoms with Crippen LogP contribution in [0.3, 0.4) is 0 Å². The van der Waals surface area contributed by atoms with E-state index in [1.54, 1.807) is 44.4 Å². The minimum Gasteiger partial charge on any atom is -0.493 e. The summed E-state index contributed by atoms with van der Waals surface area (Å²) in [4.78, 5) is 14.7. The van der Waals surface area contributed by atoms with E-state index in [1.165, 1.54) is 17.0 Å². The Morgan fingerprint density at radius 2 is 1.82 bits per heavy atom. The Hall–Kier alpha value is -2.78. The molecule has 176 valence electrons. The number of likely N-dealkylation sites (N-methyl/N-ethyl adjacent to an activating group) is 1. The number of amides is 1. The van der Waals surface area contributed by atoms with Crippen molar-refractivity contribution in [1.82, 2.24) is 4.90 Å². The van der Waals surface area contributed by atoms with Gasteiger partial charge in [-0.2, -0.15) is 8.42 Å². The molecule has 1 fully saturated rings. The predicted octanol–water partition coefficient (Wildman–Crippen LogP) is 4.95. The SMILES string of the molecule is CCCCCOc1ccc(/C=C2\SC(=NS(=O)(=O)c3ccccc3)N(CC)C2=O)cc1OC. The molecule has 0 unspecified atom stereocenters. The summed E-state index contributed by atoms with van der Waals surface area (Å²) in [6, 6.07) is 13.4. The smallest absolute Gasteiger partial charge is 0.284 e. The van der Waals surface area contributed by atoms with E-state index < -0.39 is 10.0 Å². The lowest BCUT2D eigenvalue weighted by atomic mass is 10.2. The summed E-state index contributed by atoms with van der Waals surface area (Å²) in [5.41, 5.74) is 0.742. The van der Waals surface area contributed by atoms with Crippen LogP contribution in [0, 0.1) is 0 Å². The zero-order valence-corrected chi connectivity index (χ0v) is 20.6. The number of carbonyl (C=O) groups excluding carboxylic acids is 1. The molecular formula is C24H28N2O5S2. The van der Waals surface area contributed by atoms with Crippen LogP contribution in [0.1, 0.15) is 38.7 Å². The van der Waals surface area contributed by atoms with Gasteiger partial charge in [-0.05, 0) is 61.0 Å². The monoisotopic (exact) mass is 488 g/mol. The molecule has 1 amide bonds. The minimum atomic E-state index is -3.93. The number of amidine groups is 1. The van der Waals surface area contributed by atoms with Gasteiger partial charge in [-0.15, -0.1) is 4.40 Å². The molecule has 7 nitrogen and oxygen atoms in total. The highest BCUT2D eigenvalue weighted by molar-refractivity contribution is 8.19. The van der Waals surface area contributed by atoms with Gasteiger partial charge in [0.25, 0.3) is 15.9 Å². The summed E-state index contributed by atoms with van der Waals surface area (Å²) in [6.45, 7) is 4.83. The van der Waals surface area contributed by atoms with Crippen molar-refractivity contribution in [3.8, 4) is 11.5 Å². The molecule has 0 N–H and O–H groups in total. The standard InChI is InChI=1S/C24H28N2O5S2/c1-4-6-10-15-31-20-14-13-18(16-21(20)30-3)17-22-23(27)26(5-2)24(32-22)25-33(28,29)19-11-8-7-9-12-19/h7-9,11-14,16-17H,4-6,10,15H2,1-3H3/b22-17-,25-24?. The van der Waals surface area contributed by atoms with Crippen molar-refractivity contribution in [3.63, 3.8) is 0 Å². The lowest BCUT2D eigenvalue weighted by Gasteiger charge is -2.12. The Bertz CT molecular complexity index is 1140. The van der Waals surface area contributed by atoms with Gasteiger partial charge in [-0.3, -0.25) is 9.69 Å². The molecule has 33 heavy (non-hydrogen) atoms. The number of benzene rings is 2. The van der Waals surface area contributed by atoms with E-state index in [-0.39, 0.29) is 16.0 Å². The van der Waals surface area contributed by atoms with E-state index in [0.29, 0.717) is 29.6 Å². The van der Waals surface area contributed by atoms with E-state index in [9.17, 15) is 13.2 Å². The van der Waals surface area contributed by atoms with Gasteiger partial charge >= 0.3 is 0 Å². The normalized spacial score (nSPS) is 16.6. The van der Waals surface area contributed by atoms with Crippen molar-refractivity contribution < 1.29 is 22.7 Å². The van der Waals surface area contributed by atoms with Gasteiger partial charge in [0.1, 0.15) is 0 Å². The van der Waals surface area contributed by atoms with E-state index in [1.807, 2.05) is 12.1 Å². The number of thioether (sulfide) groups is 1. The molecule has 0 radical (unpaired) electrons. The molecule has 0 atom stereocenters. The Morgan fingerprint density at radius 1 is 1.06 bits per heavy atom. The van der Waals surface area contributed by atoms with Crippen LogP contribution in [0.4, 0.5) is 0 Å². The Balaban J connectivity index is 1.85. The second-order valence-corrected chi connectivity index (χ2v) is 9.90. The van der Waals surface area contributed by atoms with Crippen LogP contribution in [-0.4, -0.2) is 44.7 Å². The molecule has 0 aromatic heterocycles. The third-order valence-corrected chi connectivity index (χ3v) is 7.34. The van der Waals surface area contributed by atoms with Crippen molar-refractivity contribution >= 4 is 38.9 Å². The molecule has 1 heterocycles. The maximum absolute atomic E-state index is 12.9. The van der Waals surface area contributed by atoms with Gasteiger partial charge in [-0.1, -0.05) is 44.0 Å². The number of hydrogen-bond acceptors (Lipinski definition) is 6. The van der Waals surface area contributed by atoms with Crippen LogP contribution in [0.25, 0.3) is 6.08 Å². The van der Waals surface area contributed by atoms with Gasteiger partial charge < -0.3 is 9.47 Å².